The predicted molar refractivity (Wildman–Crippen MR) is 101 cm³/mol. The molecule has 0 aromatic heterocycles. The standard InChI is InChI=1S/C20H24BrNO2/c1-6-19(4,5)20-12-17(23)24-18(20)22(10-9-13(2)3)16-11-14(21)7-8-15(16)20/h6-9,11,18H,1,10,12H2,2-5H3. The first kappa shape index (κ1) is 17.3. The fourth-order valence-corrected chi connectivity index (χ4v) is 4.28. The fraction of sp³-hybridized carbons (Fsp3) is 0.450. The summed E-state index contributed by atoms with van der Waals surface area (Å²) in [5.74, 6) is -0.134. The number of rotatable bonds is 4. The van der Waals surface area contributed by atoms with Crippen molar-refractivity contribution in [2.75, 3.05) is 11.4 Å². The Bertz CT molecular complexity index is 733. The number of nitrogens with zero attached hydrogens (tertiary/aromatic N) is 1. The average Bonchev–Trinajstić information content (AvgIpc) is 2.97. The minimum absolute atomic E-state index is 0.134. The van der Waals surface area contributed by atoms with E-state index in [0.29, 0.717) is 6.42 Å². The summed E-state index contributed by atoms with van der Waals surface area (Å²) in [7, 11) is 0. The fourth-order valence-electron chi connectivity index (χ4n) is 3.94. The van der Waals surface area contributed by atoms with Crippen molar-refractivity contribution in [3.05, 3.63) is 52.5 Å². The summed E-state index contributed by atoms with van der Waals surface area (Å²) in [6.07, 6.45) is 4.22. The maximum absolute atomic E-state index is 12.3. The van der Waals surface area contributed by atoms with Crippen molar-refractivity contribution in [2.45, 2.75) is 45.8 Å². The summed E-state index contributed by atoms with van der Waals surface area (Å²) in [6.45, 7) is 13.2. The van der Waals surface area contributed by atoms with E-state index in [1.807, 2.05) is 12.1 Å². The molecule has 0 bridgehead atoms. The number of fused-ring (bicyclic) bond motifs is 3. The number of ether oxygens (including phenoxy) is 1. The number of esters is 1. The first-order valence-electron chi connectivity index (χ1n) is 8.26. The molecule has 2 aliphatic rings. The molecular formula is C20H24BrNO2. The van der Waals surface area contributed by atoms with E-state index in [9.17, 15) is 4.79 Å². The van der Waals surface area contributed by atoms with Crippen LogP contribution in [0.25, 0.3) is 0 Å². The first-order chi connectivity index (χ1) is 11.2. The normalized spacial score (nSPS) is 25.1. The summed E-state index contributed by atoms with van der Waals surface area (Å²) >= 11 is 3.58. The molecule has 3 nitrogen and oxygen atoms in total. The van der Waals surface area contributed by atoms with Gasteiger partial charge in [-0.25, -0.2) is 0 Å². The minimum Gasteiger partial charge on any atom is -0.440 e. The summed E-state index contributed by atoms with van der Waals surface area (Å²) in [5.41, 5.74) is 2.88. The molecule has 4 heteroatoms. The molecule has 0 radical (unpaired) electrons. The van der Waals surface area contributed by atoms with E-state index in [1.165, 1.54) is 11.1 Å². The lowest BCUT2D eigenvalue weighted by atomic mass is 9.61. The second-order valence-corrected chi connectivity index (χ2v) is 8.43. The maximum atomic E-state index is 12.3. The Hall–Kier alpha value is -1.55. The third-order valence-electron chi connectivity index (χ3n) is 5.48. The van der Waals surface area contributed by atoms with Crippen LogP contribution in [0, 0.1) is 5.41 Å². The SMILES string of the molecule is C=CC(C)(C)C12CC(=O)OC1N(CC=C(C)C)c1cc(Br)ccc12. The molecule has 1 aromatic rings. The molecule has 1 aromatic carbocycles. The second-order valence-electron chi connectivity index (χ2n) is 7.51. The Balaban J connectivity index is 2.23. The molecule has 0 N–H and O–H groups in total. The van der Waals surface area contributed by atoms with Crippen LogP contribution in [0.4, 0.5) is 5.69 Å². The highest BCUT2D eigenvalue weighted by atomic mass is 79.9. The van der Waals surface area contributed by atoms with Gasteiger partial charge in [0, 0.05) is 16.7 Å². The zero-order chi connectivity index (χ0) is 17.7. The van der Waals surface area contributed by atoms with Crippen molar-refractivity contribution in [1.82, 2.24) is 0 Å². The van der Waals surface area contributed by atoms with Crippen LogP contribution in [0.1, 0.15) is 39.7 Å². The van der Waals surface area contributed by atoms with E-state index >= 15 is 0 Å². The highest BCUT2D eigenvalue weighted by Crippen LogP contribution is 2.60. The molecule has 0 aliphatic carbocycles. The Kier molecular flexibility index (Phi) is 4.15. The number of halogens is 1. The molecule has 2 heterocycles. The molecule has 0 spiro atoms. The van der Waals surface area contributed by atoms with Crippen molar-refractivity contribution in [3.8, 4) is 0 Å². The third-order valence-corrected chi connectivity index (χ3v) is 5.97. The van der Waals surface area contributed by atoms with E-state index in [-0.39, 0.29) is 17.6 Å². The molecule has 1 fully saturated rings. The number of carbonyl (C=O) groups is 1. The van der Waals surface area contributed by atoms with Gasteiger partial charge >= 0.3 is 5.97 Å². The van der Waals surface area contributed by atoms with E-state index in [4.69, 9.17) is 4.74 Å². The monoisotopic (exact) mass is 389 g/mol. The Morgan fingerprint density at radius 2 is 2.21 bits per heavy atom. The number of benzene rings is 1. The molecule has 2 atom stereocenters. The summed E-state index contributed by atoms with van der Waals surface area (Å²) in [5, 5.41) is 0. The van der Waals surface area contributed by atoms with Crippen LogP contribution in [0.15, 0.2) is 47.0 Å². The largest absolute Gasteiger partial charge is 0.440 e. The van der Waals surface area contributed by atoms with Crippen LogP contribution in [-0.4, -0.2) is 18.7 Å². The van der Waals surface area contributed by atoms with Gasteiger partial charge in [-0.1, -0.05) is 53.6 Å². The van der Waals surface area contributed by atoms with Crippen molar-refractivity contribution in [3.63, 3.8) is 0 Å². The molecular weight excluding hydrogens is 366 g/mol. The first-order valence-corrected chi connectivity index (χ1v) is 9.05. The molecule has 128 valence electrons. The van der Waals surface area contributed by atoms with Crippen molar-refractivity contribution in [1.29, 1.82) is 0 Å². The number of hydrogen-bond acceptors (Lipinski definition) is 3. The van der Waals surface area contributed by atoms with Gasteiger partial charge in [-0.05, 0) is 37.0 Å². The second kappa shape index (κ2) is 5.76. The lowest BCUT2D eigenvalue weighted by molar-refractivity contribution is -0.141. The minimum atomic E-state index is -0.405. The lowest BCUT2D eigenvalue weighted by Gasteiger charge is -2.41. The molecule has 0 amide bonds. The Morgan fingerprint density at radius 3 is 2.83 bits per heavy atom. The van der Waals surface area contributed by atoms with Crippen molar-refractivity contribution >= 4 is 27.6 Å². The van der Waals surface area contributed by atoms with Crippen molar-refractivity contribution < 1.29 is 9.53 Å². The van der Waals surface area contributed by atoms with Gasteiger partial charge < -0.3 is 9.64 Å². The Labute approximate surface area is 152 Å². The summed E-state index contributed by atoms with van der Waals surface area (Å²) in [4.78, 5) is 14.5. The zero-order valence-corrected chi connectivity index (χ0v) is 16.3. The van der Waals surface area contributed by atoms with E-state index in [1.54, 1.807) is 0 Å². The van der Waals surface area contributed by atoms with Gasteiger partial charge in [0.15, 0.2) is 6.23 Å². The van der Waals surface area contributed by atoms with E-state index in [2.05, 4.69) is 73.3 Å². The van der Waals surface area contributed by atoms with Gasteiger partial charge in [0.05, 0.1) is 11.8 Å². The maximum Gasteiger partial charge on any atom is 0.308 e. The smallest absolute Gasteiger partial charge is 0.308 e. The molecule has 24 heavy (non-hydrogen) atoms. The molecule has 2 aliphatic heterocycles. The topological polar surface area (TPSA) is 29.5 Å². The van der Waals surface area contributed by atoms with Crippen LogP contribution in [0.5, 0.6) is 0 Å². The van der Waals surface area contributed by atoms with E-state index in [0.717, 1.165) is 16.7 Å². The average molecular weight is 390 g/mol. The highest BCUT2D eigenvalue weighted by molar-refractivity contribution is 9.10. The third kappa shape index (κ3) is 2.34. The van der Waals surface area contributed by atoms with Gasteiger partial charge in [-0.15, -0.1) is 6.58 Å². The van der Waals surface area contributed by atoms with Crippen LogP contribution < -0.4 is 4.90 Å². The highest BCUT2D eigenvalue weighted by Gasteiger charge is 2.64. The summed E-state index contributed by atoms with van der Waals surface area (Å²) in [6, 6.07) is 6.30. The van der Waals surface area contributed by atoms with Gasteiger partial charge in [0.2, 0.25) is 0 Å². The predicted octanol–water partition coefficient (Wildman–Crippen LogP) is 4.96. The van der Waals surface area contributed by atoms with Gasteiger partial charge in [0.1, 0.15) is 0 Å². The van der Waals surface area contributed by atoms with Gasteiger partial charge in [-0.2, -0.15) is 0 Å². The van der Waals surface area contributed by atoms with Crippen LogP contribution in [0.2, 0.25) is 0 Å². The van der Waals surface area contributed by atoms with E-state index < -0.39 is 5.41 Å². The molecule has 3 rings (SSSR count). The quantitative estimate of drug-likeness (QED) is 0.538. The molecule has 0 saturated carbocycles. The molecule has 1 saturated heterocycles. The van der Waals surface area contributed by atoms with Gasteiger partial charge in [-0.3, -0.25) is 4.79 Å². The van der Waals surface area contributed by atoms with Crippen LogP contribution >= 0.6 is 15.9 Å². The van der Waals surface area contributed by atoms with Crippen LogP contribution in [0.3, 0.4) is 0 Å². The zero-order valence-electron chi connectivity index (χ0n) is 14.7. The number of anilines is 1. The van der Waals surface area contributed by atoms with Gasteiger partial charge in [0.25, 0.3) is 0 Å². The number of carbonyl (C=O) groups excluding carboxylic acids is 1. The Morgan fingerprint density at radius 1 is 1.50 bits per heavy atom. The molecule has 2 unspecified atom stereocenters. The lowest BCUT2D eigenvalue weighted by Crippen LogP contribution is -2.50. The van der Waals surface area contributed by atoms with Crippen LogP contribution in [-0.2, 0) is 14.9 Å². The summed E-state index contributed by atoms with van der Waals surface area (Å²) < 4.78 is 6.87. The van der Waals surface area contributed by atoms with Crippen molar-refractivity contribution in [2.24, 2.45) is 5.41 Å². The number of hydrogen-bond donors (Lipinski definition) is 0. The number of allylic oxidation sites excluding steroid dienone is 2.